The van der Waals surface area contributed by atoms with E-state index in [2.05, 4.69) is 10.6 Å². The molecule has 1 atom stereocenters. The van der Waals surface area contributed by atoms with Crippen molar-refractivity contribution in [2.75, 3.05) is 28.4 Å². The van der Waals surface area contributed by atoms with Crippen molar-refractivity contribution in [1.29, 1.82) is 0 Å². The van der Waals surface area contributed by atoms with Crippen LogP contribution in [0.4, 0.5) is 4.79 Å². The number of ether oxygens (including phenoxy) is 4. The second-order valence-electron chi connectivity index (χ2n) is 4.99. The van der Waals surface area contributed by atoms with Gasteiger partial charge in [0, 0.05) is 11.3 Å². The van der Waals surface area contributed by atoms with Crippen molar-refractivity contribution in [3.63, 3.8) is 0 Å². The Balaban J connectivity index is 2.66. The van der Waals surface area contributed by atoms with Crippen molar-refractivity contribution in [3.05, 3.63) is 29.0 Å². The first-order valence-corrected chi connectivity index (χ1v) is 7.13. The highest BCUT2D eigenvalue weighted by molar-refractivity contribution is 5.95. The molecule has 0 saturated heterocycles. The summed E-state index contributed by atoms with van der Waals surface area (Å²) in [6, 6.07) is 2.20. The number of amides is 2. The molecule has 8 heteroatoms. The first-order valence-electron chi connectivity index (χ1n) is 7.13. The van der Waals surface area contributed by atoms with E-state index in [1.807, 2.05) is 0 Å². The maximum Gasteiger partial charge on any atom is 0.337 e. The molecule has 0 aromatic heterocycles. The molecule has 2 rings (SSSR count). The highest BCUT2D eigenvalue weighted by Crippen LogP contribution is 2.44. The normalized spacial score (nSPS) is 16.9. The fraction of sp³-hybridized carbons (Fsp3) is 0.375. The maximum atomic E-state index is 12.2. The molecule has 1 heterocycles. The van der Waals surface area contributed by atoms with E-state index >= 15 is 0 Å². The Morgan fingerprint density at radius 1 is 1.04 bits per heavy atom. The number of hydrogen-bond acceptors (Lipinski definition) is 6. The lowest BCUT2D eigenvalue weighted by atomic mass is 9.94. The molecule has 8 nitrogen and oxygen atoms in total. The van der Waals surface area contributed by atoms with Crippen molar-refractivity contribution in [1.82, 2.24) is 10.6 Å². The number of rotatable bonds is 5. The lowest BCUT2D eigenvalue weighted by Gasteiger charge is -2.29. The fourth-order valence-corrected chi connectivity index (χ4v) is 2.66. The zero-order valence-corrected chi connectivity index (χ0v) is 14.2. The van der Waals surface area contributed by atoms with E-state index in [0.717, 1.165) is 0 Å². The first kappa shape index (κ1) is 17.5. The second-order valence-corrected chi connectivity index (χ2v) is 4.99. The summed E-state index contributed by atoms with van der Waals surface area (Å²) in [5.41, 5.74) is 1.24. The number of carbonyl (C=O) groups is 2. The summed E-state index contributed by atoms with van der Waals surface area (Å²) in [5, 5.41) is 5.27. The van der Waals surface area contributed by atoms with E-state index in [9.17, 15) is 9.59 Å². The van der Waals surface area contributed by atoms with Crippen molar-refractivity contribution in [3.8, 4) is 17.2 Å². The minimum Gasteiger partial charge on any atom is -0.493 e. The number of hydrogen-bond donors (Lipinski definition) is 2. The zero-order valence-electron chi connectivity index (χ0n) is 14.2. The minimum atomic E-state index is -0.749. The van der Waals surface area contributed by atoms with Gasteiger partial charge < -0.3 is 29.6 Å². The summed E-state index contributed by atoms with van der Waals surface area (Å²) in [6.45, 7) is 1.63. The quantitative estimate of drug-likeness (QED) is 0.792. The summed E-state index contributed by atoms with van der Waals surface area (Å²) in [4.78, 5) is 24.1. The second kappa shape index (κ2) is 7.12. The highest BCUT2D eigenvalue weighted by Gasteiger charge is 2.35. The van der Waals surface area contributed by atoms with Crippen molar-refractivity contribution < 1.29 is 28.5 Å². The molecule has 2 amide bonds. The van der Waals surface area contributed by atoms with Gasteiger partial charge in [-0.1, -0.05) is 0 Å². The van der Waals surface area contributed by atoms with E-state index in [1.54, 1.807) is 19.1 Å². The Labute approximate surface area is 139 Å². The summed E-state index contributed by atoms with van der Waals surface area (Å²) < 4.78 is 20.9. The molecule has 2 N–H and O–H groups in total. The van der Waals surface area contributed by atoms with Crippen LogP contribution in [0.15, 0.2) is 23.4 Å². The summed E-state index contributed by atoms with van der Waals surface area (Å²) in [7, 11) is 5.74. The average Bonchev–Trinajstić information content (AvgIpc) is 2.58. The third-order valence-corrected chi connectivity index (χ3v) is 3.72. The van der Waals surface area contributed by atoms with Crippen molar-refractivity contribution in [2.24, 2.45) is 0 Å². The van der Waals surface area contributed by atoms with E-state index < -0.39 is 18.0 Å². The lowest BCUT2D eigenvalue weighted by molar-refractivity contribution is -0.136. The topological polar surface area (TPSA) is 95.1 Å². The largest absolute Gasteiger partial charge is 0.493 e. The number of methoxy groups -OCH3 is 4. The average molecular weight is 336 g/mol. The maximum absolute atomic E-state index is 12.2. The first-order chi connectivity index (χ1) is 11.5. The van der Waals surface area contributed by atoms with Gasteiger partial charge in [0.15, 0.2) is 11.5 Å². The van der Waals surface area contributed by atoms with E-state index in [1.165, 1.54) is 28.4 Å². The number of benzene rings is 1. The molecule has 1 aliphatic rings. The van der Waals surface area contributed by atoms with E-state index in [4.69, 9.17) is 18.9 Å². The van der Waals surface area contributed by atoms with Crippen LogP contribution in [0, 0.1) is 0 Å². The molecule has 0 bridgehead atoms. The van der Waals surface area contributed by atoms with Crippen molar-refractivity contribution >= 4 is 12.0 Å². The summed E-state index contributed by atoms with van der Waals surface area (Å²) >= 11 is 0. The van der Waals surface area contributed by atoms with E-state index in [0.29, 0.717) is 28.5 Å². The van der Waals surface area contributed by atoms with Crippen molar-refractivity contribution in [2.45, 2.75) is 13.0 Å². The van der Waals surface area contributed by atoms with E-state index in [-0.39, 0.29) is 5.57 Å². The SMILES string of the molecule is COC(=O)C1=C(C)NC(=O)N[C@H]1c1ccc(OC)c(OC)c1OC. The third-order valence-electron chi connectivity index (χ3n) is 3.72. The van der Waals surface area contributed by atoms with Gasteiger partial charge in [-0.05, 0) is 19.1 Å². The molecule has 0 saturated carbocycles. The van der Waals surface area contributed by atoms with Gasteiger partial charge in [-0.15, -0.1) is 0 Å². The van der Waals surface area contributed by atoms with Crippen LogP contribution in [0.5, 0.6) is 17.2 Å². The van der Waals surface area contributed by atoms with Crippen LogP contribution in [0.1, 0.15) is 18.5 Å². The molecule has 1 aromatic rings. The molecule has 0 radical (unpaired) electrons. The number of nitrogens with one attached hydrogen (secondary N) is 2. The van der Waals surface area contributed by atoms with Gasteiger partial charge in [0.25, 0.3) is 0 Å². The van der Waals surface area contributed by atoms with Gasteiger partial charge >= 0.3 is 12.0 Å². The van der Waals surface area contributed by atoms with Gasteiger partial charge in [-0.2, -0.15) is 0 Å². The Bertz CT molecular complexity index is 698. The monoisotopic (exact) mass is 336 g/mol. The Morgan fingerprint density at radius 3 is 2.25 bits per heavy atom. The van der Waals surface area contributed by atoms with Crippen LogP contribution in [0.25, 0.3) is 0 Å². The van der Waals surface area contributed by atoms with Crippen LogP contribution in [0.2, 0.25) is 0 Å². The number of esters is 1. The molecule has 1 aromatic carbocycles. The summed E-state index contributed by atoms with van der Waals surface area (Å²) in [6.07, 6.45) is 0. The summed E-state index contributed by atoms with van der Waals surface area (Å²) in [5.74, 6) is 0.644. The van der Waals surface area contributed by atoms with Gasteiger partial charge in [0.2, 0.25) is 5.75 Å². The van der Waals surface area contributed by atoms with Crippen LogP contribution in [0.3, 0.4) is 0 Å². The van der Waals surface area contributed by atoms with Gasteiger partial charge in [0.1, 0.15) is 0 Å². The van der Waals surface area contributed by atoms with Crippen LogP contribution in [-0.2, 0) is 9.53 Å². The molecule has 0 aliphatic carbocycles. The Morgan fingerprint density at radius 2 is 1.71 bits per heavy atom. The molecule has 0 unspecified atom stereocenters. The Hall–Kier alpha value is -2.90. The number of urea groups is 1. The lowest BCUT2D eigenvalue weighted by Crippen LogP contribution is -2.45. The smallest absolute Gasteiger partial charge is 0.337 e. The molecule has 0 spiro atoms. The number of allylic oxidation sites excluding steroid dienone is 1. The molecule has 130 valence electrons. The van der Waals surface area contributed by atoms with Crippen LogP contribution < -0.4 is 24.8 Å². The van der Waals surface area contributed by atoms with Crippen LogP contribution in [-0.4, -0.2) is 40.4 Å². The third kappa shape index (κ3) is 2.94. The van der Waals surface area contributed by atoms with Gasteiger partial charge in [-0.3, -0.25) is 0 Å². The molecule has 0 fully saturated rings. The minimum absolute atomic E-state index is 0.280. The fourth-order valence-electron chi connectivity index (χ4n) is 2.66. The van der Waals surface area contributed by atoms with Crippen LogP contribution >= 0.6 is 0 Å². The van der Waals surface area contributed by atoms with Gasteiger partial charge in [-0.25, -0.2) is 9.59 Å². The molecular formula is C16H20N2O6. The predicted molar refractivity (Wildman–Crippen MR) is 85.2 cm³/mol. The highest BCUT2D eigenvalue weighted by atomic mass is 16.5. The molecular weight excluding hydrogens is 316 g/mol. The predicted octanol–water partition coefficient (Wildman–Crippen LogP) is 1.51. The standard InChI is InChI=1S/C16H20N2O6/c1-8-11(15(19)24-5)12(18-16(20)17-8)9-6-7-10(21-2)14(23-4)13(9)22-3/h6-7,12H,1-5H3,(H2,17,18,20)/t12-/m0/s1. The van der Waals surface area contributed by atoms with Gasteiger partial charge in [0.05, 0.1) is 40.1 Å². The Kier molecular flexibility index (Phi) is 5.18. The molecule has 24 heavy (non-hydrogen) atoms. The molecule has 1 aliphatic heterocycles. The number of carbonyl (C=O) groups excluding carboxylic acids is 2. The zero-order chi connectivity index (χ0) is 17.9.